The van der Waals surface area contributed by atoms with Gasteiger partial charge in [0.05, 0.1) is 6.04 Å². The van der Waals surface area contributed by atoms with E-state index in [0.29, 0.717) is 5.56 Å². The minimum absolute atomic E-state index is 0.253. The van der Waals surface area contributed by atoms with Crippen LogP contribution in [0.2, 0.25) is 0 Å². The molecule has 1 atom stereocenters. The molecule has 0 heterocycles. The van der Waals surface area contributed by atoms with E-state index in [1.807, 2.05) is 49.4 Å². The van der Waals surface area contributed by atoms with Crippen molar-refractivity contribution < 1.29 is 8.78 Å². The van der Waals surface area contributed by atoms with Crippen LogP contribution in [-0.4, -0.2) is 0 Å². The molecule has 0 fully saturated rings. The van der Waals surface area contributed by atoms with Crippen molar-refractivity contribution in [3.05, 3.63) is 77.9 Å². The summed E-state index contributed by atoms with van der Waals surface area (Å²) in [5.41, 5.74) is 1.38. The van der Waals surface area contributed by atoms with E-state index in [4.69, 9.17) is 0 Å². The predicted octanol–water partition coefficient (Wildman–Crippen LogP) is 5.29. The summed E-state index contributed by atoms with van der Waals surface area (Å²) in [5, 5.41) is 5.50. The fraction of sp³-hybridized carbons (Fsp3) is 0.111. The SMILES string of the molecule is CC(Nc1cccc2ccccc12)c1ccc(F)cc1F. The molecule has 106 valence electrons. The lowest BCUT2D eigenvalue weighted by atomic mass is 10.1. The minimum Gasteiger partial charge on any atom is -0.378 e. The van der Waals surface area contributed by atoms with E-state index in [2.05, 4.69) is 5.32 Å². The summed E-state index contributed by atoms with van der Waals surface area (Å²) in [7, 11) is 0. The quantitative estimate of drug-likeness (QED) is 0.688. The first-order valence-corrected chi connectivity index (χ1v) is 6.84. The zero-order chi connectivity index (χ0) is 14.8. The second-order valence-corrected chi connectivity index (χ2v) is 5.06. The maximum atomic E-state index is 13.8. The Labute approximate surface area is 122 Å². The van der Waals surface area contributed by atoms with Crippen molar-refractivity contribution >= 4 is 16.5 Å². The van der Waals surface area contributed by atoms with Crippen molar-refractivity contribution in [2.24, 2.45) is 0 Å². The summed E-state index contributed by atoms with van der Waals surface area (Å²) in [6, 6.07) is 17.4. The average molecular weight is 283 g/mol. The summed E-state index contributed by atoms with van der Waals surface area (Å²) < 4.78 is 26.8. The monoisotopic (exact) mass is 283 g/mol. The summed E-state index contributed by atoms with van der Waals surface area (Å²) in [4.78, 5) is 0. The minimum atomic E-state index is -0.561. The van der Waals surface area contributed by atoms with Crippen LogP contribution in [0.4, 0.5) is 14.5 Å². The van der Waals surface area contributed by atoms with Crippen LogP contribution in [0.25, 0.3) is 10.8 Å². The molecule has 0 saturated heterocycles. The number of nitrogens with one attached hydrogen (secondary N) is 1. The molecule has 3 aromatic carbocycles. The first kappa shape index (κ1) is 13.6. The lowest BCUT2D eigenvalue weighted by Crippen LogP contribution is -2.09. The van der Waals surface area contributed by atoms with Crippen LogP contribution in [0, 0.1) is 11.6 Å². The molecule has 0 aromatic heterocycles. The van der Waals surface area contributed by atoms with Crippen LogP contribution in [0.1, 0.15) is 18.5 Å². The van der Waals surface area contributed by atoms with Crippen molar-refractivity contribution in [3.8, 4) is 0 Å². The average Bonchev–Trinajstić information content (AvgIpc) is 2.47. The van der Waals surface area contributed by atoms with Gasteiger partial charge in [-0.2, -0.15) is 0 Å². The van der Waals surface area contributed by atoms with Crippen molar-refractivity contribution in [3.63, 3.8) is 0 Å². The summed E-state index contributed by atoms with van der Waals surface area (Å²) >= 11 is 0. The van der Waals surface area contributed by atoms with E-state index in [9.17, 15) is 8.78 Å². The molecule has 0 saturated carbocycles. The molecule has 3 aromatic rings. The van der Waals surface area contributed by atoms with Gasteiger partial charge < -0.3 is 5.32 Å². The number of halogens is 2. The molecule has 1 N–H and O–H groups in total. The summed E-state index contributed by atoms with van der Waals surface area (Å²) in [6.45, 7) is 1.86. The molecule has 21 heavy (non-hydrogen) atoms. The fourth-order valence-corrected chi connectivity index (χ4v) is 2.51. The molecule has 0 amide bonds. The third-order valence-corrected chi connectivity index (χ3v) is 3.59. The second-order valence-electron chi connectivity index (χ2n) is 5.06. The van der Waals surface area contributed by atoms with Gasteiger partial charge in [0.2, 0.25) is 0 Å². The van der Waals surface area contributed by atoms with Crippen LogP contribution in [0.3, 0.4) is 0 Å². The fourth-order valence-electron chi connectivity index (χ4n) is 2.51. The number of hydrogen-bond acceptors (Lipinski definition) is 1. The molecule has 3 heteroatoms. The maximum absolute atomic E-state index is 13.8. The summed E-state index contributed by atoms with van der Waals surface area (Å²) in [6.07, 6.45) is 0. The number of anilines is 1. The Morgan fingerprint density at radius 2 is 1.67 bits per heavy atom. The maximum Gasteiger partial charge on any atom is 0.131 e. The van der Waals surface area contributed by atoms with E-state index in [-0.39, 0.29) is 6.04 Å². The Hall–Kier alpha value is -2.42. The van der Waals surface area contributed by atoms with E-state index in [1.54, 1.807) is 0 Å². The molecular formula is C18H15F2N. The van der Waals surface area contributed by atoms with Crippen LogP contribution in [-0.2, 0) is 0 Å². The highest BCUT2D eigenvalue weighted by molar-refractivity contribution is 5.93. The molecule has 1 unspecified atom stereocenters. The van der Waals surface area contributed by atoms with Gasteiger partial charge in [0.15, 0.2) is 0 Å². The Balaban J connectivity index is 1.94. The third kappa shape index (κ3) is 2.72. The standard InChI is InChI=1S/C18H15F2N/c1-12(15-10-9-14(19)11-17(15)20)21-18-8-4-6-13-5-2-3-7-16(13)18/h2-12,21H,1H3. The Bertz CT molecular complexity index is 778. The van der Waals surface area contributed by atoms with Crippen LogP contribution in [0.5, 0.6) is 0 Å². The molecular weight excluding hydrogens is 268 g/mol. The van der Waals surface area contributed by atoms with Gasteiger partial charge in [0, 0.05) is 22.7 Å². The van der Waals surface area contributed by atoms with Gasteiger partial charge >= 0.3 is 0 Å². The highest BCUT2D eigenvalue weighted by Gasteiger charge is 2.12. The Kier molecular flexibility index (Phi) is 3.57. The van der Waals surface area contributed by atoms with Gasteiger partial charge in [-0.1, -0.05) is 42.5 Å². The normalized spacial score (nSPS) is 12.3. The zero-order valence-corrected chi connectivity index (χ0v) is 11.6. The lowest BCUT2D eigenvalue weighted by Gasteiger charge is -2.18. The number of fused-ring (bicyclic) bond motifs is 1. The van der Waals surface area contributed by atoms with Gasteiger partial charge in [0.1, 0.15) is 11.6 Å². The van der Waals surface area contributed by atoms with Crippen LogP contribution < -0.4 is 5.32 Å². The highest BCUT2D eigenvalue weighted by atomic mass is 19.1. The number of hydrogen-bond donors (Lipinski definition) is 1. The van der Waals surface area contributed by atoms with E-state index < -0.39 is 11.6 Å². The first-order valence-electron chi connectivity index (χ1n) is 6.84. The van der Waals surface area contributed by atoms with E-state index >= 15 is 0 Å². The van der Waals surface area contributed by atoms with Crippen molar-refractivity contribution in [2.75, 3.05) is 5.32 Å². The molecule has 0 bridgehead atoms. The first-order chi connectivity index (χ1) is 10.1. The Morgan fingerprint density at radius 1 is 0.905 bits per heavy atom. The number of benzene rings is 3. The van der Waals surface area contributed by atoms with E-state index in [1.165, 1.54) is 12.1 Å². The van der Waals surface area contributed by atoms with Crippen molar-refractivity contribution in [2.45, 2.75) is 13.0 Å². The third-order valence-electron chi connectivity index (χ3n) is 3.59. The van der Waals surface area contributed by atoms with Gasteiger partial charge in [-0.05, 0) is 24.4 Å². The molecule has 0 spiro atoms. The highest BCUT2D eigenvalue weighted by Crippen LogP contribution is 2.28. The van der Waals surface area contributed by atoms with Crippen LogP contribution >= 0.6 is 0 Å². The van der Waals surface area contributed by atoms with Gasteiger partial charge in [-0.3, -0.25) is 0 Å². The topological polar surface area (TPSA) is 12.0 Å². The van der Waals surface area contributed by atoms with Crippen molar-refractivity contribution in [1.82, 2.24) is 0 Å². The predicted molar refractivity (Wildman–Crippen MR) is 82.3 cm³/mol. The molecule has 3 rings (SSSR count). The largest absolute Gasteiger partial charge is 0.378 e. The molecule has 1 nitrogen and oxygen atoms in total. The van der Waals surface area contributed by atoms with Gasteiger partial charge in [-0.15, -0.1) is 0 Å². The van der Waals surface area contributed by atoms with Gasteiger partial charge in [-0.25, -0.2) is 8.78 Å². The zero-order valence-electron chi connectivity index (χ0n) is 11.6. The van der Waals surface area contributed by atoms with Crippen LogP contribution in [0.15, 0.2) is 60.7 Å². The van der Waals surface area contributed by atoms with Crippen molar-refractivity contribution in [1.29, 1.82) is 0 Å². The Morgan fingerprint density at radius 3 is 2.48 bits per heavy atom. The molecule has 0 aliphatic rings. The second kappa shape index (κ2) is 5.52. The molecule has 0 aliphatic carbocycles. The number of rotatable bonds is 3. The lowest BCUT2D eigenvalue weighted by molar-refractivity contribution is 0.566. The smallest absolute Gasteiger partial charge is 0.131 e. The van der Waals surface area contributed by atoms with Gasteiger partial charge in [0.25, 0.3) is 0 Å². The van der Waals surface area contributed by atoms with E-state index in [0.717, 1.165) is 22.5 Å². The molecule has 0 radical (unpaired) electrons. The molecule has 0 aliphatic heterocycles. The summed E-state index contributed by atoms with van der Waals surface area (Å²) in [5.74, 6) is -1.09.